The molecule has 2 aromatic carbocycles. The van der Waals surface area contributed by atoms with E-state index in [4.69, 9.17) is 4.74 Å². The second-order valence-corrected chi connectivity index (χ2v) is 6.13. The SMILES string of the molecule is COc1ccccc1NCC[NH2+][C@@H](CC(=O)Nc1ccc([N+](=O)[O-])cc1)C(=O)[O-]. The summed E-state index contributed by atoms with van der Waals surface area (Å²) in [6, 6.07) is 11.5. The van der Waals surface area contributed by atoms with Gasteiger partial charge in [0, 0.05) is 17.8 Å². The first-order valence-corrected chi connectivity index (χ1v) is 8.86. The van der Waals surface area contributed by atoms with E-state index in [9.17, 15) is 24.8 Å². The van der Waals surface area contributed by atoms with Crippen molar-refractivity contribution >= 4 is 28.9 Å². The number of methoxy groups -OCH3 is 1. The van der Waals surface area contributed by atoms with Gasteiger partial charge in [0.05, 0.1) is 43.2 Å². The fourth-order valence-corrected chi connectivity index (χ4v) is 2.62. The molecule has 10 heteroatoms. The van der Waals surface area contributed by atoms with Gasteiger partial charge >= 0.3 is 0 Å². The van der Waals surface area contributed by atoms with Crippen molar-refractivity contribution in [2.75, 3.05) is 30.8 Å². The number of quaternary nitrogens is 1. The van der Waals surface area contributed by atoms with Crippen molar-refractivity contribution in [1.29, 1.82) is 0 Å². The van der Waals surface area contributed by atoms with Gasteiger partial charge in [-0.05, 0) is 24.3 Å². The number of anilines is 2. The zero-order valence-corrected chi connectivity index (χ0v) is 15.8. The van der Waals surface area contributed by atoms with Crippen LogP contribution >= 0.6 is 0 Å². The van der Waals surface area contributed by atoms with Gasteiger partial charge in [-0.2, -0.15) is 0 Å². The number of carboxylic acids is 1. The number of carbonyl (C=O) groups excluding carboxylic acids is 2. The largest absolute Gasteiger partial charge is 0.544 e. The van der Waals surface area contributed by atoms with Crippen LogP contribution in [-0.4, -0.2) is 43.0 Å². The van der Waals surface area contributed by atoms with E-state index in [1.807, 2.05) is 18.2 Å². The Hall–Kier alpha value is -3.66. The second kappa shape index (κ2) is 10.6. The van der Waals surface area contributed by atoms with E-state index in [-0.39, 0.29) is 12.1 Å². The zero-order valence-electron chi connectivity index (χ0n) is 15.8. The van der Waals surface area contributed by atoms with Crippen LogP contribution in [0.2, 0.25) is 0 Å². The molecule has 0 bridgehead atoms. The summed E-state index contributed by atoms with van der Waals surface area (Å²) in [5.74, 6) is -1.20. The number of nitro groups is 1. The number of hydrogen-bond donors (Lipinski definition) is 3. The number of nitrogens with two attached hydrogens (primary N) is 1. The molecule has 1 atom stereocenters. The topological polar surface area (TPSA) is 150 Å². The van der Waals surface area contributed by atoms with Crippen molar-refractivity contribution in [2.45, 2.75) is 12.5 Å². The first-order chi connectivity index (χ1) is 13.9. The van der Waals surface area contributed by atoms with Gasteiger partial charge in [-0.3, -0.25) is 14.9 Å². The molecule has 0 aliphatic heterocycles. The maximum Gasteiger partial charge on any atom is 0.269 e. The number of carbonyl (C=O) groups is 2. The summed E-state index contributed by atoms with van der Waals surface area (Å²) in [5.41, 5.74) is 1.02. The number of nitrogens with zero attached hydrogens (tertiary/aromatic N) is 1. The number of hydrogen-bond acceptors (Lipinski definition) is 7. The van der Waals surface area contributed by atoms with Crippen molar-refractivity contribution in [3.63, 3.8) is 0 Å². The van der Waals surface area contributed by atoms with Gasteiger partial charge < -0.3 is 30.6 Å². The Morgan fingerprint density at radius 3 is 2.48 bits per heavy atom. The van der Waals surface area contributed by atoms with Crippen LogP contribution in [0.5, 0.6) is 5.75 Å². The Kier molecular flexibility index (Phi) is 7.92. The molecule has 0 aliphatic carbocycles. The van der Waals surface area contributed by atoms with Crippen molar-refractivity contribution in [2.24, 2.45) is 0 Å². The standard InChI is InChI=1S/C19H22N4O6/c1-29-17-5-3-2-4-15(17)20-10-11-21-16(19(25)26)12-18(24)22-13-6-8-14(9-7-13)23(27)28/h2-9,16,20-21H,10-12H2,1H3,(H,22,24)(H,25,26)/t16-/m0/s1. The molecule has 4 N–H and O–H groups in total. The lowest BCUT2D eigenvalue weighted by atomic mass is 10.2. The quantitative estimate of drug-likeness (QED) is 0.266. The van der Waals surface area contributed by atoms with E-state index >= 15 is 0 Å². The predicted molar refractivity (Wildman–Crippen MR) is 103 cm³/mol. The molecule has 154 valence electrons. The number of para-hydroxylation sites is 2. The van der Waals surface area contributed by atoms with E-state index < -0.39 is 22.8 Å². The van der Waals surface area contributed by atoms with Gasteiger partial charge in [-0.25, -0.2) is 0 Å². The number of rotatable bonds is 11. The van der Waals surface area contributed by atoms with Gasteiger partial charge in [-0.15, -0.1) is 0 Å². The molecular formula is C19H22N4O6. The highest BCUT2D eigenvalue weighted by Crippen LogP contribution is 2.22. The van der Waals surface area contributed by atoms with Crippen LogP contribution in [0.15, 0.2) is 48.5 Å². The van der Waals surface area contributed by atoms with Gasteiger partial charge in [0.15, 0.2) is 0 Å². The predicted octanol–water partition coefficient (Wildman–Crippen LogP) is -0.274. The maximum atomic E-state index is 12.1. The van der Waals surface area contributed by atoms with E-state index in [1.54, 1.807) is 13.2 Å². The number of non-ortho nitro benzene ring substituents is 1. The Morgan fingerprint density at radius 2 is 1.86 bits per heavy atom. The lowest BCUT2D eigenvalue weighted by molar-refractivity contribution is -0.680. The van der Waals surface area contributed by atoms with Crippen molar-refractivity contribution in [3.05, 3.63) is 58.6 Å². The molecule has 2 rings (SSSR count). The van der Waals surface area contributed by atoms with Crippen LogP contribution in [0.4, 0.5) is 17.1 Å². The number of aliphatic carboxylic acids is 1. The number of nitrogens with one attached hydrogen (secondary N) is 2. The number of benzene rings is 2. The Morgan fingerprint density at radius 1 is 1.17 bits per heavy atom. The third-order valence-electron chi connectivity index (χ3n) is 4.09. The molecule has 0 aliphatic rings. The average molecular weight is 402 g/mol. The molecule has 0 heterocycles. The van der Waals surface area contributed by atoms with Crippen LogP contribution in [0.3, 0.4) is 0 Å². The number of carboxylic acid groups (broad SMARTS) is 1. The van der Waals surface area contributed by atoms with Crippen molar-refractivity contribution < 1.29 is 29.7 Å². The van der Waals surface area contributed by atoms with Gasteiger partial charge in [0.2, 0.25) is 5.91 Å². The maximum absolute atomic E-state index is 12.1. The third kappa shape index (κ3) is 6.78. The molecule has 1 amide bonds. The molecule has 2 aromatic rings. The third-order valence-corrected chi connectivity index (χ3v) is 4.09. The minimum absolute atomic E-state index is 0.105. The average Bonchev–Trinajstić information content (AvgIpc) is 2.70. The Bertz CT molecular complexity index is 856. The fraction of sp³-hybridized carbons (Fsp3) is 0.263. The molecule has 10 nitrogen and oxygen atoms in total. The number of amides is 1. The molecule has 0 aromatic heterocycles. The summed E-state index contributed by atoms with van der Waals surface area (Å²) in [5, 5.41) is 29.1. The number of ether oxygens (including phenoxy) is 1. The normalized spacial score (nSPS) is 11.3. The molecule has 0 radical (unpaired) electrons. The Labute approximate surface area is 167 Å². The molecule has 29 heavy (non-hydrogen) atoms. The number of nitro benzene ring substituents is 1. The summed E-state index contributed by atoms with van der Waals surface area (Å²) in [6.45, 7) is 0.843. The molecule has 0 spiro atoms. The summed E-state index contributed by atoms with van der Waals surface area (Å²) < 4.78 is 5.22. The van der Waals surface area contributed by atoms with Crippen LogP contribution in [0.1, 0.15) is 6.42 Å². The zero-order chi connectivity index (χ0) is 21.2. The van der Waals surface area contributed by atoms with Gasteiger partial charge in [-0.1, -0.05) is 12.1 Å². The monoisotopic (exact) mass is 402 g/mol. The van der Waals surface area contributed by atoms with E-state index in [0.29, 0.717) is 24.5 Å². The summed E-state index contributed by atoms with van der Waals surface area (Å²) in [7, 11) is 1.56. The van der Waals surface area contributed by atoms with Crippen molar-refractivity contribution in [3.8, 4) is 5.75 Å². The lowest BCUT2D eigenvalue weighted by Gasteiger charge is -2.17. The highest BCUT2D eigenvalue weighted by atomic mass is 16.6. The van der Waals surface area contributed by atoms with E-state index in [2.05, 4.69) is 10.6 Å². The smallest absolute Gasteiger partial charge is 0.269 e. The van der Waals surface area contributed by atoms with Gasteiger partial charge in [0.1, 0.15) is 11.8 Å². The highest BCUT2D eigenvalue weighted by Gasteiger charge is 2.18. The van der Waals surface area contributed by atoms with E-state index in [0.717, 1.165) is 5.69 Å². The lowest BCUT2D eigenvalue weighted by Crippen LogP contribution is -2.94. The van der Waals surface area contributed by atoms with Gasteiger partial charge in [0.25, 0.3) is 5.69 Å². The molecule has 0 saturated heterocycles. The molecule has 0 fully saturated rings. The molecule has 0 unspecified atom stereocenters. The summed E-state index contributed by atoms with van der Waals surface area (Å²) >= 11 is 0. The summed E-state index contributed by atoms with van der Waals surface area (Å²) in [4.78, 5) is 33.5. The first kappa shape index (κ1) is 21.6. The fourth-order valence-electron chi connectivity index (χ4n) is 2.62. The second-order valence-electron chi connectivity index (χ2n) is 6.13. The highest BCUT2D eigenvalue weighted by molar-refractivity contribution is 5.93. The van der Waals surface area contributed by atoms with Crippen LogP contribution in [-0.2, 0) is 9.59 Å². The van der Waals surface area contributed by atoms with Crippen LogP contribution < -0.4 is 25.8 Å². The van der Waals surface area contributed by atoms with Crippen LogP contribution in [0, 0.1) is 10.1 Å². The van der Waals surface area contributed by atoms with E-state index in [1.165, 1.54) is 29.6 Å². The summed E-state index contributed by atoms with van der Waals surface area (Å²) in [6.07, 6.45) is -0.298. The molecular weight excluding hydrogens is 380 g/mol. The minimum Gasteiger partial charge on any atom is -0.544 e. The van der Waals surface area contributed by atoms with Crippen LogP contribution in [0.25, 0.3) is 0 Å². The minimum atomic E-state index is -1.35. The van der Waals surface area contributed by atoms with Crippen molar-refractivity contribution in [1.82, 2.24) is 0 Å². The first-order valence-electron chi connectivity index (χ1n) is 8.86. The Balaban J connectivity index is 1.82. The molecule has 0 saturated carbocycles.